The molecule has 10 heteroatoms. The van der Waals surface area contributed by atoms with Gasteiger partial charge in [-0.1, -0.05) is 6.92 Å². The Hall–Kier alpha value is -0.670. The smallest absolute Gasteiger partial charge is 0.315 e. The van der Waals surface area contributed by atoms with Gasteiger partial charge < -0.3 is 4.74 Å². The van der Waals surface area contributed by atoms with Crippen molar-refractivity contribution in [3.63, 3.8) is 0 Å². The molecule has 0 saturated carbocycles. The predicted molar refractivity (Wildman–Crippen MR) is 37.1 cm³/mol. The lowest BCUT2D eigenvalue weighted by atomic mass is 10.2. The first-order valence-electron chi connectivity index (χ1n) is 4.07. The fraction of sp³-hybridized carbons (Fsp3) is 1.00. The van der Waals surface area contributed by atoms with Gasteiger partial charge in [0.2, 0.25) is 0 Å². The van der Waals surface area contributed by atoms with Crippen molar-refractivity contribution < 1.29 is 44.3 Å². The maximum Gasteiger partial charge on any atom is 0.425 e. The first kappa shape index (κ1) is 16.3. The van der Waals surface area contributed by atoms with Crippen LogP contribution in [0, 0.1) is 5.92 Å². The number of alkyl halides is 9. The zero-order valence-electron chi connectivity index (χ0n) is 8.17. The highest BCUT2D eigenvalue weighted by Gasteiger charge is 2.65. The van der Waals surface area contributed by atoms with Crippen LogP contribution in [0.4, 0.5) is 39.5 Å². The molecule has 0 spiro atoms. The van der Waals surface area contributed by atoms with E-state index in [2.05, 4.69) is 4.74 Å². The van der Waals surface area contributed by atoms with Gasteiger partial charge in [-0.05, 0) is 0 Å². The van der Waals surface area contributed by atoms with E-state index >= 15 is 0 Å². The Morgan fingerprint density at radius 2 is 1.35 bits per heavy atom. The Kier molecular flexibility index (Phi) is 4.71. The van der Waals surface area contributed by atoms with Crippen LogP contribution in [-0.2, 0) is 4.74 Å². The van der Waals surface area contributed by atoms with Gasteiger partial charge in [-0.15, -0.1) is 0 Å². The molecule has 0 amide bonds. The van der Waals surface area contributed by atoms with Crippen LogP contribution in [0.1, 0.15) is 6.92 Å². The Labute approximate surface area is 89.5 Å². The molecular formula is C7H7F9O. The summed E-state index contributed by atoms with van der Waals surface area (Å²) in [6.45, 7) is -1.46. The molecule has 0 aromatic rings. The number of ether oxygens (including phenoxy) is 1. The predicted octanol–water partition coefficient (Wildman–Crippen LogP) is 3.69. The van der Waals surface area contributed by atoms with Gasteiger partial charge in [0.15, 0.2) is 0 Å². The molecule has 0 N–H and O–H groups in total. The van der Waals surface area contributed by atoms with Crippen LogP contribution in [0.25, 0.3) is 0 Å². The van der Waals surface area contributed by atoms with Crippen molar-refractivity contribution in [2.45, 2.75) is 31.6 Å². The Bertz CT molecular complexity index is 246. The number of halogens is 9. The van der Waals surface area contributed by atoms with Gasteiger partial charge in [0.1, 0.15) is 0 Å². The highest BCUT2D eigenvalue weighted by atomic mass is 19.4. The maximum atomic E-state index is 12.4. The van der Waals surface area contributed by atoms with Gasteiger partial charge in [-0.25, -0.2) is 8.78 Å². The summed E-state index contributed by atoms with van der Waals surface area (Å²) < 4.78 is 111. The third kappa shape index (κ3) is 3.93. The standard InChI is InChI=1S/C7H7F9O/c1-3(6(12,13)14)2-17-7(15,16)5(10,11)4(8)9/h3-4H,2H2,1H3. The van der Waals surface area contributed by atoms with E-state index in [1.165, 1.54) is 0 Å². The second kappa shape index (κ2) is 4.91. The molecule has 17 heavy (non-hydrogen) atoms. The normalized spacial score (nSPS) is 16.4. The van der Waals surface area contributed by atoms with Crippen LogP contribution >= 0.6 is 0 Å². The van der Waals surface area contributed by atoms with Crippen molar-refractivity contribution in [2.24, 2.45) is 5.92 Å². The molecule has 0 rings (SSSR count). The molecule has 0 heterocycles. The number of hydrogen-bond acceptors (Lipinski definition) is 1. The zero-order valence-corrected chi connectivity index (χ0v) is 8.17. The molecule has 1 nitrogen and oxygen atoms in total. The first-order chi connectivity index (χ1) is 7.32. The van der Waals surface area contributed by atoms with E-state index in [4.69, 9.17) is 0 Å². The summed E-state index contributed by atoms with van der Waals surface area (Å²) in [6, 6.07) is 0. The molecule has 0 bridgehead atoms. The maximum absolute atomic E-state index is 12.4. The lowest BCUT2D eigenvalue weighted by Gasteiger charge is -2.26. The Morgan fingerprint density at radius 3 is 1.65 bits per heavy atom. The molecule has 0 aliphatic heterocycles. The molecule has 0 aromatic carbocycles. The lowest BCUT2D eigenvalue weighted by Crippen LogP contribution is -2.49. The number of hydrogen-bond donors (Lipinski definition) is 0. The summed E-state index contributed by atoms with van der Waals surface area (Å²) >= 11 is 0. The molecule has 1 atom stereocenters. The van der Waals surface area contributed by atoms with Crippen LogP contribution in [0.5, 0.6) is 0 Å². The fourth-order valence-electron chi connectivity index (χ4n) is 0.547. The quantitative estimate of drug-likeness (QED) is 0.697. The van der Waals surface area contributed by atoms with Gasteiger partial charge in [-0.2, -0.15) is 30.7 Å². The van der Waals surface area contributed by atoms with E-state index in [1.807, 2.05) is 0 Å². The van der Waals surface area contributed by atoms with Crippen molar-refractivity contribution in [1.82, 2.24) is 0 Å². The van der Waals surface area contributed by atoms with Crippen molar-refractivity contribution in [3.05, 3.63) is 0 Å². The van der Waals surface area contributed by atoms with Crippen LogP contribution in [-0.4, -0.2) is 31.2 Å². The van der Waals surface area contributed by atoms with Crippen LogP contribution in [0.15, 0.2) is 0 Å². The van der Waals surface area contributed by atoms with E-state index in [-0.39, 0.29) is 0 Å². The highest BCUT2D eigenvalue weighted by molar-refractivity contribution is 4.80. The minimum absolute atomic E-state index is 0.386. The molecule has 1 unspecified atom stereocenters. The van der Waals surface area contributed by atoms with E-state index in [1.54, 1.807) is 0 Å². The van der Waals surface area contributed by atoms with Crippen LogP contribution < -0.4 is 0 Å². The largest absolute Gasteiger partial charge is 0.425 e. The SMILES string of the molecule is CC(COC(F)(F)C(F)(F)C(F)F)C(F)(F)F. The highest BCUT2D eigenvalue weighted by Crippen LogP contribution is 2.40. The van der Waals surface area contributed by atoms with Gasteiger partial charge in [0, 0.05) is 0 Å². The number of rotatable bonds is 5. The fourth-order valence-corrected chi connectivity index (χ4v) is 0.547. The van der Waals surface area contributed by atoms with Gasteiger partial charge in [0.25, 0.3) is 0 Å². The third-order valence-electron chi connectivity index (χ3n) is 1.74. The summed E-state index contributed by atoms with van der Waals surface area (Å²) in [5.74, 6) is -8.33. The van der Waals surface area contributed by atoms with E-state index in [0.717, 1.165) is 0 Å². The Morgan fingerprint density at radius 1 is 0.941 bits per heavy atom. The summed E-state index contributed by atoms with van der Waals surface area (Å²) in [6.07, 6.45) is -15.4. The summed E-state index contributed by atoms with van der Waals surface area (Å²) in [5.41, 5.74) is 0. The van der Waals surface area contributed by atoms with Crippen molar-refractivity contribution in [3.8, 4) is 0 Å². The molecule has 0 radical (unpaired) electrons. The average molecular weight is 278 g/mol. The van der Waals surface area contributed by atoms with Gasteiger partial charge >= 0.3 is 24.6 Å². The minimum atomic E-state index is -5.85. The topological polar surface area (TPSA) is 9.23 Å². The van der Waals surface area contributed by atoms with Crippen molar-refractivity contribution in [1.29, 1.82) is 0 Å². The third-order valence-corrected chi connectivity index (χ3v) is 1.74. The van der Waals surface area contributed by atoms with Gasteiger partial charge in [0.05, 0.1) is 12.5 Å². The zero-order chi connectivity index (χ0) is 14.1. The van der Waals surface area contributed by atoms with E-state index in [9.17, 15) is 39.5 Å². The van der Waals surface area contributed by atoms with E-state index < -0.39 is 37.2 Å². The van der Waals surface area contributed by atoms with Crippen LogP contribution in [0.2, 0.25) is 0 Å². The molecular weight excluding hydrogens is 271 g/mol. The molecule has 0 aromatic heterocycles. The molecule has 0 aliphatic rings. The first-order valence-corrected chi connectivity index (χ1v) is 4.07. The molecule has 0 aliphatic carbocycles. The van der Waals surface area contributed by atoms with Crippen molar-refractivity contribution in [2.75, 3.05) is 6.61 Å². The van der Waals surface area contributed by atoms with E-state index in [0.29, 0.717) is 6.92 Å². The molecule has 0 fully saturated rings. The lowest BCUT2D eigenvalue weighted by molar-refractivity contribution is -0.380. The molecule has 104 valence electrons. The summed E-state index contributed by atoms with van der Waals surface area (Å²) in [7, 11) is 0. The second-order valence-corrected chi connectivity index (χ2v) is 3.19. The summed E-state index contributed by atoms with van der Waals surface area (Å²) in [5, 5.41) is 0. The monoisotopic (exact) mass is 278 g/mol. The average Bonchev–Trinajstić information content (AvgIpc) is 2.12. The van der Waals surface area contributed by atoms with Crippen LogP contribution in [0.3, 0.4) is 0 Å². The van der Waals surface area contributed by atoms with Gasteiger partial charge in [-0.3, -0.25) is 0 Å². The van der Waals surface area contributed by atoms with Crippen molar-refractivity contribution >= 4 is 0 Å². The summed E-state index contributed by atoms with van der Waals surface area (Å²) in [4.78, 5) is 0. The minimum Gasteiger partial charge on any atom is -0.315 e. The molecule has 0 saturated heterocycles. The Balaban J connectivity index is 4.58. The second-order valence-electron chi connectivity index (χ2n) is 3.19.